The molecule has 1 fully saturated rings. The summed E-state index contributed by atoms with van der Waals surface area (Å²) in [6.45, 7) is 3.70. The van der Waals surface area contributed by atoms with Gasteiger partial charge >= 0.3 is 0 Å². The van der Waals surface area contributed by atoms with Gasteiger partial charge in [0.15, 0.2) is 17.4 Å². The molecule has 0 aliphatic carbocycles. The molecule has 0 saturated carbocycles. The Morgan fingerprint density at radius 1 is 1.15 bits per heavy atom. The standard InChI is InChI=1S/C18H21F4N3O/c1-3-25-8-6-23-18(25)11-5-4-7-24(9-11)10-12-13(19)15(21)17(26-2)16(22)14(12)20/h6,8,11H,3-5,7,9-10H2,1-2H3. The van der Waals surface area contributed by atoms with E-state index in [1.807, 2.05) is 17.7 Å². The van der Waals surface area contributed by atoms with Crippen LogP contribution in [0, 0.1) is 23.3 Å². The zero-order chi connectivity index (χ0) is 18.8. The fourth-order valence-electron chi connectivity index (χ4n) is 3.56. The lowest BCUT2D eigenvalue weighted by Crippen LogP contribution is -2.35. The third-order valence-corrected chi connectivity index (χ3v) is 4.86. The number of rotatable bonds is 5. The molecule has 1 aromatic heterocycles. The Labute approximate surface area is 149 Å². The molecule has 8 heteroatoms. The second-order valence-electron chi connectivity index (χ2n) is 6.41. The number of hydrogen-bond acceptors (Lipinski definition) is 3. The monoisotopic (exact) mass is 371 g/mol. The summed E-state index contributed by atoms with van der Waals surface area (Å²) in [5, 5.41) is 0. The summed E-state index contributed by atoms with van der Waals surface area (Å²) in [4.78, 5) is 6.19. The number of hydrogen-bond donors (Lipinski definition) is 0. The summed E-state index contributed by atoms with van der Waals surface area (Å²) in [7, 11) is 0.963. The second kappa shape index (κ2) is 7.65. The summed E-state index contributed by atoms with van der Waals surface area (Å²) in [6.07, 6.45) is 5.34. The molecule has 1 atom stereocenters. The van der Waals surface area contributed by atoms with E-state index < -0.39 is 34.6 Å². The molecular formula is C18H21F4N3O. The van der Waals surface area contributed by atoms with Crippen LogP contribution in [-0.2, 0) is 13.1 Å². The van der Waals surface area contributed by atoms with Gasteiger partial charge in [0.25, 0.3) is 0 Å². The number of piperidine rings is 1. The van der Waals surface area contributed by atoms with E-state index >= 15 is 0 Å². The SMILES string of the molecule is CCn1ccnc1C1CCCN(Cc2c(F)c(F)c(OC)c(F)c2F)C1. The number of ether oxygens (including phenoxy) is 1. The predicted octanol–water partition coefficient (Wildman–Crippen LogP) is 3.85. The van der Waals surface area contributed by atoms with E-state index in [-0.39, 0.29) is 12.5 Å². The normalized spacial score (nSPS) is 18.3. The first kappa shape index (κ1) is 18.7. The van der Waals surface area contributed by atoms with Gasteiger partial charge in [-0.2, -0.15) is 8.78 Å². The Bertz CT molecular complexity index is 764. The molecule has 0 bridgehead atoms. The topological polar surface area (TPSA) is 30.3 Å². The highest BCUT2D eigenvalue weighted by Gasteiger charge is 2.30. The maximum Gasteiger partial charge on any atom is 0.204 e. The molecule has 0 spiro atoms. The van der Waals surface area contributed by atoms with Gasteiger partial charge in [0.1, 0.15) is 5.82 Å². The lowest BCUT2D eigenvalue weighted by molar-refractivity contribution is 0.188. The number of halogens is 4. The number of nitrogens with zero attached hydrogens (tertiary/aromatic N) is 3. The van der Waals surface area contributed by atoms with Gasteiger partial charge in [-0.3, -0.25) is 4.90 Å². The molecule has 2 aromatic rings. The lowest BCUT2D eigenvalue weighted by Gasteiger charge is -2.32. The highest BCUT2D eigenvalue weighted by molar-refractivity contribution is 5.34. The molecule has 4 nitrogen and oxygen atoms in total. The highest BCUT2D eigenvalue weighted by Crippen LogP contribution is 2.32. The van der Waals surface area contributed by atoms with Crippen LogP contribution in [0.1, 0.15) is 37.1 Å². The van der Waals surface area contributed by atoms with E-state index in [0.717, 1.165) is 32.3 Å². The molecule has 1 aliphatic rings. The molecule has 0 radical (unpaired) electrons. The van der Waals surface area contributed by atoms with Gasteiger partial charge in [-0.1, -0.05) is 0 Å². The van der Waals surface area contributed by atoms with Crippen LogP contribution < -0.4 is 4.74 Å². The zero-order valence-electron chi connectivity index (χ0n) is 14.7. The van der Waals surface area contributed by atoms with Gasteiger partial charge in [0, 0.05) is 43.5 Å². The number of imidazole rings is 1. The predicted molar refractivity (Wildman–Crippen MR) is 88.0 cm³/mol. The van der Waals surface area contributed by atoms with Crippen LogP contribution in [-0.4, -0.2) is 34.7 Å². The summed E-state index contributed by atoms with van der Waals surface area (Å²) in [5.74, 6) is -5.82. The minimum atomic E-state index is -1.50. The van der Waals surface area contributed by atoms with Crippen LogP contribution in [0.3, 0.4) is 0 Å². The van der Waals surface area contributed by atoms with Crippen LogP contribution in [0.2, 0.25) is 0 Å². The largest absolute Gasteiger partial charge is 0.491 e. The van der Waals surface area contributed by atoms with Crippen molar-refractivity contribution in [3.05, 3.63) is 47.1 Å². The number of benzene rings is 1. The Hall–Kier alpha value is -2.09. The lowest BCUT2D eigenvalue weighted by atomic mass is 9.96. The van der Waals surface area contributed by atoms with Crippen LogP contribution >= 0.6 is 0 Å². The number of likely N-dealkylation sites (tertiary alicyclic amines) is 1. The molecule has 0 amide bonds. The fraction of sp³-hybridized carbons (Fsp3) is 0.500. The summed E-state index contributed by atoms with van der Waals surface area (Å²) >= 11 is 0. The van der Waals surface area contributed by atoms with E-state index in [1.54, 1.807) is 11.1 Å². The first-order valence-electron chi connectivity index (χ1n) is 8.60. The number of aryl methyl sites for hydroxylation is 1. The molecular weight excluding hydrogens is 350 g/mol. The zero-order valence-corrected chi connectivity index (χ0v) is 14.7. The fourth-order valence-corrected chi connectivity index (χ4v) is 3.56. The summed E-state index contributed by atoms with van der Waals surface area (Å²) < 4.78 is 62.7. The maximum absolute atomic E-state index is 14.2. The second-order valence-corrected chi connectivity index (χ2v) is 6.41. The van der Waals surface area contributed by atoms with Crippen molar-refractivity contribution in [3.63, 3.8) is 0 Å². The van der Waals surface area contributed by atoms with Gasteiger partial charge in [0.05, 0.1) is 7.11 Å². The maximum atomic E-state index is 14.2. The van der Waals surface area contributed by atoms with Crippen LogP contribution in [0.5, 0.6) is 5.75 Å². The van der Waals surface area contributed by atoms with Crippen molar-refractivity contribution in [3.8, 4) is 5.75 Å². The van der Waals surface area contributed by atoms with E-state index in [2.05, 4.69) is 9.72 Å². The van der Waals surface area contributed by atoms with Crippen molar-refractivity contribution >= 4 is 0 Å². The Morgan fingerprint density at radius 3 is 2.46 bits per heavy atom. The van der Waals surface area contributed by atoms with Gasteiger partial charge < -0.3 is 9.30 Å². The molecule has 0 N–H and O–H groups in total. The summed E-state index contributed by atoms with van der Waals surface area (Å²) in [5.41, 5.74) is -0.611. The smallest absolute Gasteiger partial charge is 0.204 e. The quantitative estimate of drug-likeness (QED) is 0.591. The molecule has 3 rings (SSSR count). The van der Waals surface area contributed by atoms with Gasteiger partial charge in [-0.25, -0.2) is 13.8 Å². The average Bonchev–Trinajstić information content (AvgIpc) is 3.13. The van der Waals surface area contributed by atoms with E-state index in [1.165, 1.54) is 0 Å². The van der Waals surface area contributed by atoms with Crippen LogP contribution in [0.4, 0.5) is 17.6 Å². The molecule has 1 saturated heterocycles. The molecule has 26 heavy (non-hydrogen) atoms. The first-order valence-corrected chi connectivity index (χ1v) is 8.60. The number of methoxy groups -OCH3 is 1. The molecule has 1 aliphatic heterocycles. The third-order valence-electron chi connectivity index (χ3n) is 4.86. The van der Waals surface area contributed by atoms with Crippen LogP contribution in [0.25, 0.3) is 0 Å². The van der Waals surface area contributed by atoms with Crippen molar-refractivity contribution in [2.24, 2.45) is 0 Å². The van der Waals surface area contributed by atoms with Gasteiger partial charge in [-0.05, 0) is 26.3 Å². The summed E-state index contributed by atoms with van der Waals surface area (Å²) in [6, 6.07) is 0. The minimum Gasteiger partial charge on any atom is -0.491 e. The van der Waals surface area contributed by atoms with Crippen molar-refractivity contribution in [1.82, 2.24) is 14.5 Å². The van der Waals surface area contributed by atoms with Crippen molar-refractivity contribution in [1.29, 1.82) is 0 Å². The molecule has 2 heterocycles. The van der Waals surface area contributed by atoms with Gasteiger partial charge in [-0.15, -0.1) is 0 Å². The Morgan fingerprint density at radius 2 is 1.85 bits per heavy atom. The molecule has 142 valence electrons. The minimum absolute atomic E-state index is 0.109. The average molecular weight is 371 g/mol. The molecule has 1 aromatic carbocycles. The Kier molecular flexibility index (Phi) is 5.50. The number of aromatic nitrogens is 2. The van der Waals surface area contributed by atoms with Crippen LogP contribution in [0.15, 0.2) is 12.4 Å². The van der Waals surface area contributed by atoms with E-state index in [4.69, 9.17) is 0 Å². The first-order chi connectivity index (χ1) is 12.5. The van der Waals surface area contributed by atoms with Gasteiger partial charge in [0.2, 0.25) is 11.6 Å². The third kappa shape index (κ3) is 3.30. The van der Waals surface area contributed by atoms with E-state index in [0.29, 0.717) is 13.1 Å². The van der Waals surface area contributed by atoms with E-state index in [9.17, 15) is 17.6 Å². The molecule has 1 unspecified atom stereocenters. The highest BCUT2D eigenvalue weighted by atomic mass is 19.2. The Balaban J connectivity index is 1.83. The van der Waals surface area contributed by atoms with Crippen molar-refractivity contribution < 1.29 is 22.3 Å². The van der Waals surface area contributed by atoms with Crippen molar-refractivity contribution in [2.75, 3.05) is 20.2 Å². The van der Waals surface area contributed by atoms with Crippen molar-refractivity contribution in [2.45, 2.75) is 38.8 Å².